The topological polar surface area (TPSA) is 43.8 Å². The molecule has 1 aliphatic heterocycles. The van der Waals surface area contributed by atoms with E-state index in [1.165, 1.54) is 16.8 Å². The van der Waals surface area contributed by atoms with Gasteiger partial charge in [-0.1, -0.05) is 42.5 Å². The molecule has 0 aromatic heterocycles. The first-order valence-corrected chi connectivity index (χ1v) is 8.53. The molecule has 4 heteroatoms. The van der Waals surface area contributed by atoms with Gasteiger partial charge >= 0.3 is 5.97 Å². The Kier molecular flexibility index (Phi) is 5.49. The average molecular weight is 324 g/mol. The number of benzene rings is 2. The Morgan fingerprint density at radius 2 is 1.50 bits per heavy atom. The van der Waals surface area contributed by atoms with Crippen molar-refractivity contribution in [2.24, 2.45) is 0 Å². The Morgan fingerprint density at radius 1 is 0.875 bits per heavy atom. The molecule has 0 aliphatic carbocycles. The second-order valence-corrected chi connectivity index (χ2v) is 6.30. The molecular formula is C20H24N2O2. The van der Waals surface area contributed by atoms with E-state index in [1.807, 2.05) is 6.07 Å². The van der Waals surface area contributed by atoms with E-state index >= 15 is 0 Å². The number of aliphatic carboxylic acids is 1. The molecule has 2 aromatic carbocycles. The van der Waals surface area contributed by atoms with Crippen molar-refractivity contribution in [3.63, 3.8) is 0 Å². The number of carboxylic acids is 1. The van der Waals surface area contributed by atoms with Crippen molar-refractivity contribution >= 4 is 11.7 Å². The number of rotatable bonds is 6. The van der Waals surface area contributed by atoms with Crippen LogP contribution in [0.4, 0.5) is 5.69 Å². The number of carboxylic acid groups (broad SMARTS) is 1. The summed E-state index contributed by atoms with van der Waals surface area (Å²) in [5.74, 6) is -0.716. The van der Waals surface area contributed by atoms with Crippen LogP contribution in [0.1, 0.15) is 17.5 Å². The molecule has 1 fully saturated rings. The van der Waals surface area contributed by atoms with Gasteiger partial charge in [-0.15, -0.1) is 0 Å². The third-order valence-electron chi connectivity index (χ3n) is 4.57. The summed E-state index contributed by atoms with van der Waals surface area (Å²) in [6.45, 7) is 4.42. The van der Waals surface area contributed by atoms with Gasteiger partial charge in [-0.05, 0) is 29.7 Å². The third-order valence-corrected chi connectivity index (χ3v) is 4.57. The van der Waals surface area contributed by atoms with Crippen LogP contribution >= 0.6 is 0 Å². The molecule has 0 saturated carbocycles. The van der Waals surface area contributed by atoms with Crippen molar-refractivity contribution in [2.75, 3.05) is 37.6 Å². The molecular weight excluding hydrogens is 300 g/mol. The molecule has 1 N–H and O–H groups in total. The van der Waals surface area contributed by atoms with Crippen molar-refractivity contribution in [1.29, 1.82) is 0 Å². The smallest absolute Gasteiger partial charge is 0.304 e. The molecule has 0 amide bonds. The molecule has 2 aromatic rings. The van der Waals surface area contributed by atoms with Gasteiger partial charge in [-0.3, -0.25) is 9.69 Å². The maximum Gasteiger partial charge on any atom is 0.304 e. The molecule has 3 rings (SSSR count). The van der Waals surface area contributed by atoms with E-state index in [2.05, 4.69) is 58.3 Å². The molecule has 1 aliphatic rings. The van der Waals surface area contributed by atoms with Crippen LogP contribution < -0.4 is 4.90 Å². The zero-order valence-corrected chi connectivity index (χ0v) is 13.9. The molecule has 4 nitrogen and oxygen atoms in total. The fraction of sp³-hybridized carbons (Fsp3) is 0.350. The van der Waals surface area contributed by atoms with Crippen molar-refractivity contribution in [1.82, 2.24) is 4.90 Å². The highest BCUT2D eigenvalue weighted by atomic mass is 16.4. The number of piperazine rings is 1. The summed E-state index contributed by atoms with van der Waals surface area (Å²) in [7, 11) is 0. The lowest BCUT2D eigenvalue weighted by Gasteiger charge is -2.36. The summed E-state index contributed by atoms with van der Waals surface area (Å²) >= 11 is 0. The van der Waals surface area contributed by atoms with Crippen molar-refractivity contribution < 1.29 is 9.90 Å². The summed E-state index contributed by atoms with van der Waals surface area (Å²) in [5, 5.41) is 8.77. The SMILES string of the molecule is O=C(O)CCN1CCN(c2ccc(Cc3ccccc3)cc2)CC1. The average Bonchev–Trinajstić information content (AvgIpc) is 2.62. The van der Waals surface area contributed by atoms with Crippen LogP contribution in [-0.2, 0) is 11.2 Å². The lowest BCUT2D eigenvalue weighted by molar-refractivity contribution is -0.137. The Morgan fingerprint density at radius 3 is 2.12 bits per heavy atom. The Labute approximate surface area is 143 Å². The number of nitrogens with zero attached hydrogens (tertiary/aromatic N) is 2. The molecule has 0 radical (unpaired) electrons. The monoisotopic (exact) mass is 324 g/mol. The van der Waals surface area contributed by atoms with Gasteiger partial charge in [0.2, 0.25) is 0 Å². The number of hydrogen-bond acceptors (Lipinski definition) is 3. The maximum absolute atomic E-state index is 10.7. The van der Waals surface area contributed by atoms with Gasteiger partial charge in [0.15, 0.2) is 0 Å². The molecule has 0 atom stereocenters. The number of anilines is 1. The second kappa shape index (κ2) is 7.97. The van der Waals surface area contributed by atoms with Crippen LogP contribution in [0.25, 0.3) is 0 Å². The van der Waals surface area contributed by atoms with Crippen LogP contribution in [0.15, 0.2) is 54.6 Å². The third kappa shape index (κ3) is 4.59. The summed E-state index contributed by atoms with van der Waals surface area (Å²) in [6.07, 6.45) is 1.19. The standard InChI is InChI=1S/C20H24N2O2/c23-20(24)10-11-21-12-14-22(15-13-21)19-8-6-18(7-9-19)16-17-4-2-1-3-5-17/h1-9H,10-16H2,(H,23,24). The quantitative estimate of drug-likeness (QED) is 0.887. The lowest BCUT2D eigenvalue weighted by Crippen LogP contribution is -2.46. The van der Waals surface area contributed by atoms with E-state index in [4.69, 9.17) is 5.11 Å². The lowest BCUT2D eigenvalue weighted by atomic mass is 10.0. The first-order valence-electron chi connectivity index (χ1n) is 8.53. The van der Waals surface area contributed by atoms with Crippen LogP contribution in [0.5, 0.6) is 0 Å². The van der Waals surface area contributed by atoms with Gasteiger partial charge in [-0.25, -0.2) is 0 Å². The summed E-state index contributed by atoms with van der Waals surface area (Å²) in [4.78, 5) is 15.3. The van der Waals surface area contributed by atoms with Gasteiger partial charge in [0.1, 0.15) is 0 Å². The van der Waals surface area contributed by atoms with Gasteiger partial charge in [0.25, 0.3) is 0 Å². The second-order valence-electron chi connectivity index (χ2n) is 6.30. The van der Waals surface area contributed by atoms with Crippen molar-refractivity contribution in [3.8, 4) is 0 Å². The maximum atomic E-state index is 10.7. The highest BCUT2D eigenvalue weighted by Gasteiger charge is 2.17. The molecule has 1 saturated heterocycles. The van der Waals surface area contributed by atoms with E-state index in [-0.39, 0.29) is 6.42 Å². The zero-order valence-electron chi connectivity index (χ0n) is 13.9. The van der Waals surface area contributed by atoms with Gasteiger partial charge in [-0.2, -0.15) is 0 Å². The summed E-state index contributed by atoms with van der Waals surface area (Å²) in [6, 6.07) is 19.3. The van der Waals surface area contributed by atoms with E-state index < -0.39 is 5.97 Å². The Hall–Kier alpha value is -2.33. The first kappa shape index (κ1) is 16.5. The minimum Gasteiger partial charge on any atom is -0.481 e. The Bertz CT molecular complexity index is 647. The van der Waals surface area contributed by atoms with E-state index in [9.17, 15) is 4.79 Å². The van der Waals surface area contributed by atoms with Crippen LogP contribution in [0, 0.1) is 0 Å². The van der Waals surface area contributed by atoms with Crippen molar-refractivity contribution in [3.05, 3.63) is 65.7 Å². The Balaban J connectivity index is 1.52. The molecule has 126 valence electrons. The summed E-state index contributed by atoms with van der Waals surface area (Å²) < 4.78 is 0. The van der Waals surface area contributed by atoms with Gasteiger partial charge in [0.05, 0.1) is 6.42 Å². The molecule has 0 unspecified atom stereocenters. The minimum absolute atomic E-state index is 0.230. The van der Waals surface area contributed by atoms with Crippen molar-refractivity contribution in [2.45, 2.75) is 12.8 Å². The number of hydrogen-bond donors (Lipinski definition) is 1. The van der Waals surface area contributed by atoms with Gasteiger partial charge in [0, 0.05) is 38.4 Å². The fourth-order valence-corrected chi connectivity index (χ4v) is 3.14. The van der Waals surface area contributed by atoms with Crippen LogP contribution in [0.2, 0.25) is 0 Å². The molecule has 1 heterocycles. The zero-order chi connectivity index (χ0) is 16.8. The predicted octanol–water partition coefficient (Wildman–Crippen LogP) is 2.87. The fourth-order valence-electron chi connectivity index (χ4n) is 3.14. The normalized spacial score (nSPS) is 15.4. The largest absolute Gasteiger partial charge is 0.481 e. The van der Waals surface area contributed by atoms with Crippen LogP contribution in [0.3, 0.4) is 0 Å². The molecule has 24 heavy (non-hydrogen) atoms. The minimum atomic E-state index is -0.716. The molecule has 0 bridgehead atoms. The van der Waals surface area contributed by atoms with E-state index in [0.717, 1.165) is 32.6 Å². The van der Waals surface area contributed by atoms with Crippen LogP contribution in [-0.4, -0.2) is 48.7 Å². The molecule has 0 spiro atoms. The summed E-state index contributed by atoms with van der Waals surface area (Å²) in [5.41, 5.74) is 3.91. The highest BCUT2D eigenvalue weighted by molar-refractivity contribution is 5.66. The van der Waals surface area contributed by atoms with Gasteiger partial charge < -0.3 is 10.0 Å². The van der Waals surface area contributed by atoms with E-state index in [0.29, 0.717) is 6.54 Å². The van der Waals surface area contributed by atoms with E-state index in [1.54, 1.807) is 0 Å². The first-order chi connectivity index (χ1) is 11.7. The highest BCUT2D eigenvalue weighted by Crippen LogP contribution is 2.19. The number of carbonyl (C=O) groups is 1. The predicted molar refractivity (Wildman–Crippen MR) is 96.6 cm³/mol.